The first-order chi connectivity index (χ1) is 30.6. The van der Waals surface area contributed by atoms with E-state index in [0.717, 1.165) is 32.1 Å². The topological polar surface area (TPSA) is 305 Å². The largest absolute Gasteiger partial charge is 0.508 e. The number of guanidine groups is 1. The first kappa shape index (κ1) is 48.6. The number of aromatic hydroxyl groups is 2. The number of nitrogens with two attached hydrogens (primary N) is 3. The minimum atomic E-state index is -1.21. The number of primary amides is 1. The number of nitrogens with one attached hydrogen (secondary N) is 4. The van der Waals surface area contributed by atoms with E-state index in [0.29, 0.717) is 49.7 Å². The van der Waals surface area contributed by atoms with Gasteiger partial charge in [0.1, 0.15) is 47.8 Å². The van der Waals surface area contributed by atoms with Gasteiger partial charge in [-0.3, -0.25) is 38.6 Å². The Hall–Kier alpha value is -6.40. The zero-order valence-electron chi connectivity index (χ0n) is 36.5. The molecule has 12 N–H and O–H groups in total. The highest BCUT2D eigenvalue weighted by atomic mass is 16.3. The molecule has 0 bridgehead atoms. The molecule has 6 atom stereocenters. The van der Waals surface area contributed by atoms with Crippen molar-refractivity contribution in [2.75, 3.05) is 19.6 Å². The third-order valence-corrected chi connectivity index (χ3v) is 12.3. The molecule has 19 nitrogen and oxygen atoms in total. The fraction of sp³-hybridized carbons (Fsp3) is 0.556. The third-order valence-electron chi connectivity index (χ3n) is 12.3. The Kier molecular flexibility index (Phi) is 17.7. The average molecular weight is 889 g/mol. The van der Waals surface area contributed by atoms with Crippen molar-refractivity contribution in [3.05, 3.63) is 59.7 Å². The Balaban J connectivity index is 1.33. The number of hydrogen-bond acceptors (Lipinski definition) is 10. The second-order valence-electron chi connectivity index (χ2n) is 17.1. The van der Waals surface area contributed by atoms with Crippen LogP contribution in [0.3, 0.4) is 0 Å². The van der Waals surface area contributed by atoms with Gasteiger partial charge in [-0.05, 0) is 86.3 Å². The fourth-order valence-electron chi connectivity index (χ4n) is 8.97. The van der Waals surface area contributed by atoms with Crippen molar-refractivity contribution in [3.63, 3.8) is 0 Å². The fourth-order valence-corrected chi connectivity index (χ4v) is 8.97. The Morgan fingerprint density at radius 1 is 0.641 bits per heavy atom. The van der Waals surface area contributed by atoms with Gasteiger partial charge in [-0.25, -0.2) is 0 Å². The second kappa shape index (κ2) is 23.3. The number of phenolic OH excluding ortho intramolecular Hbond substituents is 2. The van der Waals surface area contributed by atoms with Gasteiger partial charge in [-0.2, -0.15) is 0 Å². The van der Waals surface area contributed by atoms with Crippen molar-refractivity contribution in [1.29, 1.82) is 0 Å². The van der Waals surface area contributed by atoms with Crippen LogP contribution in [-0.2, 0) is 46.4 Å². The number of phenols is 2. The predicted octanol–water partition coefficient (Wildman–Crippen LogP) is 0.333. The molecule has 0 aromatic heterocycles. The standard InChI is InChI=1S/C45H64N10O9/c1-27(56)50-35(26-30-15-19-32(58)20-16-30)43(63)54-22-7-12-38(54)42(62)53-36(25-28-8-3-2-4-9-28)44(64)55-23-6-11-37(55)41(61)52-34(24-29-13-17-31(57)18-14-29)40(60)51-33(39(46)59)10-5-21-49-45(47)48/h13-20,28,33-38,57-58H,2-12,21-26H2,1H3,(H2,46,59)(H,50,56)(H,51,60)(H,52,61)(H,53,62)(H4,47,48,49)/t33-,34+,35-,36-,37+,38+/m0/s1. The van der Waals surface area contributed by atoms with Gasteiger partial charge in [0.15, 0.2) is 5.96 Å². The van der Waals surface area contributed by atoms with Crippen LogP contribution in [0.1, 0.15) is 95.1 Å². The summed E-state index contributed by atoms with van der Waals surface area (Å²) in [5.41, 5.74) is 17.7. The van der Waals surface area contributed by atoms with Crippen molar-refractivity contribution < 1.29 is 43.8 Å². The molecule has 2 aliphatic heterocycles. The summed E-state index contributed by atoms with van der Waals surface area (Å²) in [6, 6.07) is 6.20. The minimum Gasteiger partial charge on any atom is -0.508 e. The number of rotatable bonds is 20. The molecule has 1 saturated carbocycles. The molecule has 0 radical (unpaired) electrons. The van der Waals surface area contributed by atoms with Crippen molar-refractivity contribution >= 4 is 47.3 Å². The lowest BCUT2D eigenvalue weighted by molar-refractivity contribution is -0.145. The van der Waals surface area contributed by atoms with E-state index in [4.69, 9.17) is 17.2 Å². The number of carbonyl (C=O) groups is 7. The van der Waals surface area contributed by atoms with Gasteiger partial charge in [-0.1, -0.05) is 56.4 Å². The lowest BCUT2D eigenvalue weighted by Gasteiger charge is -2.34. The van der Waals surface area contributed by atoms with Crippen LogP contribution in [0.25, 0.3) is 0 Å². The molecule has 2 saturated heterocycles. The normalized spacial score (nSPS) is 19.4. The van der Waals surface area contributed by atoms with E-state index in [-0.39, 0.29) is 62.3 Å². The molecule has 3 aliphatic rings. The molecule has 1 aliphatic carbocycles. The summed E-state index contributed by atoms with van der Waals surface area (Å²) in [5.74, 6) is -3.79. The third kappa shape index (κ3) is 14.1. The maximum absolute atomic E-state index is 14.7. The maximum Gasteiger partial charge on any atom is 0.246 e. The van der Waals surface area contributed by atoms with Crippen LogP contribution < -0.4 is 38.5 Å². The predicted molar refractivity (Wildman–Crippen MR) is 237 cm³/mol. The summed E-state index contributed by atoms with van der Waals surface area (Å²) in [7, 11) is 0. The number of nitrogens with zero attached hydrogens (tertiary/aromatic N) is 3. The van der Waals surface area contributed by atoms with Gasteiger partial charge in [0.2, 0.25) is 41.4 Å². The first-order valence-corrected chi connectivity index (χ1v) is 22.3. The number of hydrogen-bond donors (Lipinski definition) is 9. The highest BCUT2D eigenvalue weighted by Gasteiger charge is 2.43. The lowest BCUT2D eigenvalue weighted by atomic mass is 9.84. The van der Waals surface area contributed by atoms with Crippen LogP contribution in [0.5, 0.6) is 11.5 Å². The lowest BCUT2D eigenvalue weighted by Crippen LogP contribution is -2.59. The van der Waals surface area contributed by atoms with Gasteiger partial charge in [0.05, 0.1) is 0 Å². The van der Waals surface area contributed by atoms with Crippen LogP contribution >= 0.6 is 0 Å². The van der Waals surface area contributed by atoms with Gasteiger partial charge in [-0.15, -0.1) is 0 Å². The monoisotopic (exact) mass is 888 g/mol. The molecule has 19 heteroatoms. The summed E-state index contributed by atoms with van der Waals surface area (Å²) in [6.45, 7) is 2.01. The Labute approximate surface area is 373 Å². The number of amides is 7. The number of benzene rings is 2. The summed E-state index contributed by atoms with van der Waals surface area (Å²) in [5, 5.41) is 30.8. The average Bonchev–Trinajstić information content (AvgIpc) is 3.96. The van der Waals surface area contributed by atoms with Crippen LogP contribution in [0.4, 0.5) is 0 Å². The van der Waals surface area contributed by atoms with Gasteiger partial charge in [0, 0.05) is 39.4 Å². The molecule has 2 heterocycles. The highest BCUT2D eigenvalue weighted by molar-refractivity contribution is 5.97. The molecule has 3 fully saturated rings. The van der Waals surface area contributed by atoms with Crippen LogP contribution in [0, 0.1) is 5.92 Å². The number of aliphatic imine (C=N–C) groups is 1. The van der Waals surface area contributed by atoms with E-state index in [9.17, 15) is 43.8 Å². The Morgan fingerprint density at radius 3 is 1.64 bits per heavy atom. The second-order valence-corrected chi connectivity index (χ2v) is 17.1. The molecule has 2 aromatic rings. The van der Waals surface area contributed by atoms with Gasteiger partial charge in [0.25, 0.3) is 0 Å². The molecule has 0 unspecified atom stereocenters. The first-order valence-electron chi connectivity index (χ1n) is 22.3. The smallest absolute Gasteiger partial charge is 0.246 e. The van der Waals surface area contributed by atoms with Crippen LogP contribution in [-0.4, -0.2) is 123 Å². The molecular formula is C45H64N10O9. The summed E-state index contributed by atoms with van der Waals surface area (Å²) in [4.78, 5) is 103. The SMILES string of the molecule is CC(=O)N[C@@H](Cc1ccc(O)cc1)C(=O)N1CCC[C@@H]1C(=O)N[C@@H](CC1CCCCC1)C(=O)N1CCC[C@@H]1C(=O)N[C@H](Cc1ccc(O)cc1)C(=O)N[C@@H](CCCN=C(N)N)C(N)=O. The van der Waals surface area contributed by atoms with Crippen molar-refractivity contribution in [1.82, 2.24) is 31.1 Å². The summed E-state index contributed by atoms with van der Waals surface area (Å²) in [6.07, 6.45) is 7.36. The van der Waals surface area contributed by atoms with Crippen molar-refractivity contribution in [3.8, 4) is 11.5 Å². The minimum absolute atomic E-state index is 0.00498. The quantitative estimate of drug-likeness (QED) is 0.0496. The van der Waals surface area contributed by atoms with E-state index in [2.05, 4.69) is 26.3 Å². The molecule has 2 aromatic carbocycles. The number of likely N-dealkylation sites (tertiary alicyclic amines) is 2. The van der Waals surface area contributed by atoms with E-state index in [1.165, 1.54) is 41.0 Å². The van der Waals surface area contributed by atoms with E-state index < -0.39 is 77.6 Å². The van der Waals surface area contributed by atoms with Crippen molar-refractivity contribution in [2.45, 2.75) is 133 Å². The Morgan fingerprint density at radius 2 is 1.14 bits per heavy atom. The van der Waals surface area contributed by atoms with Gasteiger partial charge < -0.3 is 58.5 Å². The molecule has 5 rings (SSSR count). The Bertz CT molecular complexity index is 1990. The molecular weight excluding hydrogens is 825 g/mol. The van der Waals surface area contributed by atoms with Crippen molar-refractivity contribution in [2.24, 2.45) is 28.1 Å². The highest BCUT2D eigenvalue weighted by Crippen LogP contribution is 2.30. The van der Waals surface area contributed by atoms with E-state index >= 15 is 0 Å². The van der Waals surface area contributed by atoms with Gasteiger partial charge >= 0.3 is 0 Å². The zero-order chi connectivity index (χ0) is 46.3. The number of carbonyl (C=O) groups excluding carboxylic acids is 7. The van der Waals surface area contributed by atoms with Crippen LogP contribution in [0.2, 0.25) is 0 Å². The molecule has 348 valence electrons. The molecule has 0 spiro atoms. The molecule has 64 heavy (non-hydrogen) atoms. The molecule has 7 amide bonds. The van der Waals surface area contributed by atoms with E-state index in [1.54, 1.807) is 24.3 Å². The zero-order valence-corrected chi connectivity index (χ0v) is 36.5. The van der Waals surface area contributed by atoms with E-state index in [1.807, 2.05) is 0 Å². The van der Waals surface area contributed by atoms with Crippen LogP contribution in [0.15, 0.2) is 53.5 Å². The maximum atomic E-state index is 14.7. The summed E-state index contributed by atoms with van der Waals surface area (Å²) >= 11 is 0. The summed E-state index contributed by atoms with van der Waals surface area (Å²) < 4.78 is 0.